The Kier molecular flexibility index (Phi) is 4.44. The average molecular weight is 418 g/mol. The summed E-state index contributed by atoms with van der Waals surface area (Å²) in [6.45, 7) is 1.92. The highest BCUT2D eigenvalue weighted by Gasteiger charge is 2.28. The molecule has 1 atom stereocenters. The number of hydrogen-bond donors (Lipinski definition) is 0. The maximum Gasteiger partial charge on any atom is 0.183 e. The summed E-state index contributed by atoms with van der Waals surface area (Å²) in [7, 11) is 0. The van der Waals surface area contributed by atoms with Crippen LogP contribution in [0.25, 0.3) is 21.7 Å². The zero-order chi connectivity index (χ0) is 19.9. The van der Waals surface area contributed by atoms with Crippen LogP contribution >= 0.6 is 11.3 Å². The smallest absolute Gasteiger partial charge is 0.183 e. The van der Waals surface area contributed by atoms with Gasteiger partial charge in [0.15, 0.2) is 5.82 Å². The molecule has 8 heteroatoms. The van der Waals surface area contributed by atoms with Crippen LogP contribution in [0.5, 0.6) is 0 Å². The molecule has 1 fully saturated rings. The van der Waals surface area contributed by atoms with Gasteiger partial charge in [0, 0.05) is 42.8 Å². The molecule has 2 aliphatic rings. The van der Waals surface area contributed by atoms with E-state index in [2.05, 4.69) is 30.8 Å². The first-order valence-electron chi connectivity index (χ1n) is 10.7. The Morgan fingerprint density at radius 3 is 2.87 bits per heavy atom. The first-order valence-corrected chi connectivity index (χ1v) is 11.5. The maximum atomic E-state index is 5.08. The van der Waals surface area contributed by atoms with Crippen molar-refractivity contribution < 1.29 is 0 Å². The Labute approximate surface area is 178 Å². The van der Waals surface area contributed by atoms with Crippen molar-refractivity contribution in [3.63, 3.8) is 0 Å². The molecular formula is C22H23N7S. The number of fused-ring (bicyclic) bond motifs is 3. The van der Waals surface area contributed by atoms with Gasteiger partial charge in [0.05, 0.1) is 17.6 Å². The number of hydrogen-bond acceptors (Lipinski definition) is 7. The summed E-state index contributed by atoms with van der Waals surface area (Å²) in [5.74, 6) is 1.74. The molecule has 0 N–H and O–H groups in total. The minimum absolute atomic E-state index is 0.369. The average Bonchev–Trinajstić information content (AvgIpc) is 3.47. The lowest BCUT2D eigenvalue weighted by Crippen LogP contribution is -2.37. The van der Waals surface area contributed by atoms with Crippen LogP contribution in [0, 0.1) is 0 Å². The van der Waals surface area contributed by atoms with Crippen molar-refractivity contribution in [2.45, 2.75) is 44.6 Å². The lowest BCUT2D eigenvalue weighted by atomic mass is 9.96. The fourth-order valence-electron chi connectivity index (χ4n) is 4.76. The second-order valence-corrected chi connectivity index (χ2v) is 9.16. The van der Waals surface area contributed by atoms with E-state index in [0.717, 1.165) is 55.1 Å². The molecule has 0 radical (unpaired) electrons. The van der Waals surface area contributed by atoms with E-state index in [1.165, 1.54) is 28.7 Å². The van der Waals surface area contributed by atoms with Crippen molar-refractivity contribution in [3.8, 4) is 11.5 Å². The van der Waals surface area contributed by atoms with E-state index in [1.54, 1.807) is 18.6 Å². The van der Waals surface area contributed by atoms with E-state index in [1.807, 2.05) is 23.6 Å². The van der Waals surface area contributed by atoms with Crippen LogP contribution in [-0.2, 0) is 12.8 Å². The van der Waals surface area contributed by atoms with Gasteiger partial charge in [-0.25, -0.2) is 15.0 Å². The lowest BCUT2D eigenvalue weighted by molar-refractivity contribution is 0.375. The predicted octanol–water partition coefficient (Wildman–Crippen LogP) is 4.07. The molecule has 30 heavy (non-hydrogen) atoms. The van der Waals surface area contributed by atoms with E-state index in [9.17, 15) is 0 Å². The largest absolute Gasteiger partial charge is 0.354 e. The van der Waals surface area contributed by atoms with Gasteiger partial charge in [0.1, 0.15) is 16.3 Å². The molecule has 0 aromatic carbocycles. The first kappa shape index (κ1) is 17.9. The highest BCUT2D eigenvalue weighted by atomic mass is 32.1. The summed E-state index contributed by atoms with van der Waals surface area (Å²) in [4.78, 5) is 23.7. The zero-order valence-electron chi connectivity index (χ0n) is 16.7. The standard InChI is InChI=1S/C22H23N7S/c1-2-7-18-16(6-1)19-21(28-11-3-5-15(14-28)29-12-4-8-25-29)26-20(27-22(19)30-18)17-13-23-9-10-24-17/h4,8-10,12-13,15H,1-3,5-7,11,14H2. The molecule has 1 aliphatic heterocycles. The van der Waals surface area contributed by atoms with Gasteiger partial charge in [0.2, 0.25) is 0 Å². The summed E-state index contributed by atoms with van der Waals surface area (Å²) in [6.07, 6.45) is 16.2. The third-order valence-corrected chi connectivity index (χ3v) is 7.37. The third kappa shape index (κ3) is 3.06. The number of anilines is 1. The number of piperidine rings is 1. The minimum Gasteiger partial charge on any atom is -0.354 e. The highest BCUT2D eigenvalue weighted by molar-refractivity contribution is 7.19. The van der Waals surface area contributed by atoms with Gasteiger partial charge in [-0.3, -0.25) is 9.67 Å². The highest BCUT2D eigenvalue weighted by Crippen LogP contribution is 2.41. The Morgan fingerprint density at radius 1 is 1.03 bits per heavy atom. The SMILES string of the molecule is c1cnn(C2CCCN(c3nc(-c4cnccn4)nc4sc5c(c34)CCCC5)C2)c1. The maximum absolute atomic E-state index is 5.08. The molecule has 0 spiro atoms. The van der Waals surface area contributed by atoms with Crippen molar-refractivity contribution in [1.29, 1.82) is 0 Å². The summed E-state index contributed by atoms with van der Waals surface area (Å²) in [6, 6.07) is 2.37. The zero-order valence-corrected chi connectivity index (χ0v) is 17.6. The van der Waals surface area contributed by atoms with Crippen molar-refractivity contribution in [2.75, 3.05) is 18.0 Å². The van der Waals surface area contributed by atoms with Crippen LogP contribution in [0.1, 0.15) is 42.2 Å². The van der Waals surface area contributed by atoms with Crippen LogP contribution < -0.4 is 4.90 Å². The van der Waals surface area contributed by atoms with Gasteiger partial charge in [-0.1, -0.05) is 0 Å². The van der Waals surface area contributed by atoms with Crippen LogP contribution in [-0.4, -0.2) is 42.8 Å². The number of thiophene rings is 1. The van der Waals surface area contributed by atoms with Gasteiger partial charge >= 0.3 is 0 Å². The van der Waals surface area contributed by atoms with Crippen LogP contribution in [0.3, 0.4) is 0 Å². The van der Waals surface area contributed by atoms with Crippen molar-refractivity contribution in [2.24, 2.45) is 0 Å². The fourth-order valence-corrected chi connectivity index (χ4v) is 6.01. The normalized spacial score (nSPS) is 19.2. The monoisotopic (exact) mass is 417 g/mol. The molecule has 1 aliphatic carbocycles. The van der Waals surface area contributed by atoms with Gasteiger partial charge in [-0.15, -0.1) is 11.3 Å². The molecule has 0 amide bonds. The van der Waals surface area contributed by atoms with Gasteiger partial charge in [-0.05, 0) is 50.2 Å². The molecular weight excluding hydrogens is 394 g/mol. The van der Waals surface area contributed by atoms with Gasteiger partial charge < -0.3 is 4.90 Å². The molecule has 1 saturated heterocycles. The quantitative estimate of drug-likeness (QED) is 0.500. The summed E-state index contributed by atoms with van der Waals surface area (Å²) in [5.41, 5.74) is 2.20. The topological polar surface area (TPSA) is 72.6 Å². The molecule has 0 saturated carbocycles. The summed E-state index contributed by atoms with van der Waals surface area (Å²) in [5, 5.41) is 5.76. The number of nitrogens with zero attached hydrogens (tertiary/aromatic N) is 7. The van der Waals surface area contributed by atoms with Crippen LogP contribution in [0.4, 0.5) is 5.82 Å². The number of rotatable bonds is 3. The second-order valence-electron chi connectivity index (χ2n) is 8.08. The van der Waals surface area contributed by atoms with Crippen molar-refractivity contribution in [1.82, 2.24) is 29.7 Å². The predicted molar refractivity (Wildman–Crippen MR) is 118 cm³/mol. The van der Waals surface area contributed by atoms with E-state index in [-0.39, 0.29) is 0 Å². The Bertz CT molecular complexity index is 1170. The minimum atomic E-state index is 0.369. The number of aryl methyl sites for hydroxylation is 2. The third-order valence-electron chi connectivity index (χ3n) is 6.18. The van der Waals surface area contributed by atoms with E-state index < -0.39 is 0 Å². The summed E-state index contributed by atoms with van der Waals surface area (Å²) >= 11 is 1.84. The van der Waals surface area contributed by atoms with Gasteiger partial charge in [-0.2, -0.15) is 5.10 Å². The fraction of sp³-hybridized carbons (Fsp3) is 0.409. The Morgan fingerprint density at radius 2 is 2.00 bits per heavy atom. The van der Waals surface area contributed by atoms with Crippen molar-refractivity contribution in [3.05, 3.63) is 47.5 Å². The van der Waals surface area contributed by atoms with Crippen LogP contribution in [0.15, 0.2) is 37.1 Å². The lowest BCUT2D eigenvalue weighted by Gasteiger charge is -2.34. The molecule has 7 nitrogen and oxygen atoms in total. The Hall–Kier alpha value is -2.87. The summed E-state index contributed by atoms with van der Waals surface area (Å²) < 4.78 is 2.09. The van der Waals surface area contributed by atoms with Gasteiger partial charge in [0.25, 0.3) is 0 Å². The van der Waals surface area contributed by atoms with E-state index in [4.69, 9.17) is 9.97 Å². The Balaban J connectivity index is 1.49. The molecule has 152 valence electrons. The molecule has 4 aromatic heterocycles. The van der Waals surface area contributed by atoms with Crippen molar-refractivity contribution >= 4 is 27.4 Å². The molecule has 4 aromatic rings. The molecule has 1 unspecified atom stereocenters. The molecule has 5 heterocycles. The first-order chi connectivity index (χ1) is 14.9. The van der Waals surface area contributed by atoms with Crippen LogP contribution in [0.2, 0.25) is 0 Å². The van der Waals surface area contributed by atoms with E-state index in [0.29, 0.717) is 11.9 Å². The van der Waals surface area contributed by atoms with E-state index >= 15 is 0 Å². The molecule has 0 bridgehead atoms. The second kappa shape index (κ2) is 7.43. The number of aromatic nitrogens is 6. The molecule has 6 rings (SSSR count).